The van der Waals surface area contributed by atoms with Crippen molar-refractivity contribution in [1.29, 1.82) is 5.26 Å². The first-order valence-electron chi connectivity index (χ1n) is 6.03. The van der Waals surface area contributed by atoms with E-state index in [0.717, 1.165) is 30.0 Å². The molecule has 0 bridgehead atoms. The first-order chi connectivity index (χ1) is 10.0. The second kappa shape index (κ2) is 6.46. The van der Waals surface area contributed by atoms with Gasteiger partial charge in [-0.1, -0.05) is 11.8 Å². The Morgan fingerprint density at radius 1 is 1.33 bits per heavy atom. The molecule has 0 aliphatic carbocycles. The molecule has 0 radical (unpaired) electrons. The molecular formula is C15H10F2N2OS. The van der Waals surface area contributed by atoms with Gasteiger partial charge in [-0.05, 0) is 37.3 Å². The van der Waals surface area contributed by atoms with E-state index in [-0.39, 0.29) is 5.56 Å². The minimum atomic E-state index is -0.757. The molecule has 0 aliphatic heterocycles. The normalized spacial score (nSPS) is 11.7. The maximum absolute atomic E-state index is 13.6. The van der Waals surface area contributed by atoms with E-state index < -0.39 is 22.7 Å². The summed E-state index contributed by atoms with van der Waals surface area (Å²) in [5, 5.41) is 8.63. The van der Waals surface area contributed by atoms with Gasteiger partial charge in [0.25, 0.3) is 0 Å². The van der Waals surface area contributed by atoms with Gasteiger partial charge in [-0.3, -0.25) is 4.79 Å². The Bertz CT molecular complexity index is 728. The van der Waals surface area contributed by atoms with Crippen LogP contribution >= 0.6 is 11.8 Å². The molecule has 106 valence electrons. The number of carbonyl (C=O) groups is 1. The molecule has 1 atom stereocenters. The minimum Gasteiger partial charge on any atom is -0.293 e. The number of pyridine rings is 1. The van der Waals surface area contributed by atoms with E-state index >= 15 is 0 Å². The number of hydrogen-bond donors (Lipinski definition) is 0. The van der Waals surface area contributed by atoms with Gasteiger partial charge >= 0.3 is 0 Å². The summed E-state index contributed by atoms with van der Waals surface area (Å²) in [6.45, 7) is 1.58. The van der Waals surface area contributed by atoms with Crippen LogP contribution in [0.2, 0.25) is 0 Å². The third-order valence-corrected chi connectivity index (χ3v) is 3.76. The van der Waals surface area contributed by atoms with Gasteiger partial charge in [0.2, 0.25) is 0 Å². The van der Waals surface area contributed by atoms with E-state index in [1.165, 1.54) is 12.3 Å². The van der Waals surface area contributed by atoms with Crippen molar-refractivity contribution in [3.05, 3.63) is 59.3 Å². The summed E-state index contributed by atoms with van der Waals surface area (Å²) in [5.74, 6) is -1.95. The van der Waals surface area contributed by atoms with Crippen molar-refractivity contribution < 1.29 is 13.6 Å². The Hall–Kier alpha value is -2.26. The highest BCUT2D eigenvalue weighted by molar-refractivity contribution is 8.00. The molecule has 0 saturated carbocycles. The zero-order valence-electron chi connectivity index (χ0n) is 11.0. The number of ketones is 1. The van der Waals surface area contributed by atoms with E-state index in [4.69, 9.17) is 5.26 Å². The Balaban J connectivity index is 2.19. The second-order valence-corrected chi connectivity index (χ2v) is 5.60. The van der Waals surface area contributed by atoms with Crippen molar-refractivity contribution in [2.24, 2.45) is 0 Å². The molecule has 1 aromatic carbocycles. The SMILES string of the molecule is C[C@H](Sc1cc(C#N)ccn1)C(=O)c1cc(F)ccc1F. The van der Waals surface area contributed by atoms with Crippen LogP contribution in [0.15, 0.2) is 41.6 Å². The van der Waals surface area contributed by atoms with Gasteiger partial charge in [0.15, 0.2) is 5.78 Å². The first-order valence-corrected chi connectivity index (χ1v) is 6.91. The molecule has 0 aliphatic rings. The zero-order valence-corrected chi connectivity index (χ0v) is 11.8. The molecule has 0 saturated heterocycles. The minimum absolute atomic E-state index is 0.286. The van der Waals surface area contributed by atoms with Crippen LogP contribution in [0.4, 0.5) is 8.78 Å². The van der Waals surface area contributed by atoms with Crippen molar-refractivity contribution in [2.45, 2.75) is 17.2 Å². The molecule has 0 unspecified atom stereocenters. The van der Waals surface area contributed by atoms with Crippen molar-refractivity contribution in [1.82, 2.24) is 4.98 Å². The highest BCUT2D eigenvalue weighted by atomic mass is 32.2. The monoisotopic (exact) mass is 304 g/mol. The number of nitrogens with zero attached hydrogens (tertiary/aromatic N) is 2. The summed E-state index contributed by atoms with van der Waals surface area (Å²) in [4.78, 5) is 16.2. The predicted octanol–water partition coefficient (Wildman–Crippen LogP) is 3.59. The van der Waals surface area contributed by atoms with E-state index in [1.807, 2.05) is 6.07 Å². The van der Waals surface area contributed by atoms with Crippen LogP contribution < -0.4 is 0 Å². The molecule has 0 spiro atoms. The van der Waals surface area contributed by atoms with E-state index in [0.29, 0.717) is 10.6 Å². The lowest BCUT2D eigenvalue weighted by Crippen LogP contribution is -2.15. The lowest BCUT2D eigenvalue weighted by Gasteiger charge is -2.10. The number of nitriles is 1. The van der Waals surface area contributed by atoms with Crippen LogP contribution in [-0.2, 0) is 0 Å². The summed E-state index contributed by atoms with van der Waals surface area (Å²) >= 11 is 1.09. The fourth-order valence-corrected chi connectivity index (χ4v) is 2.60. The average molecular weight is 304 g/mol. The summed E-state index contributed by atoms with van der Waals surface area (Å²) < 4.78 is 26.7. The van der Waals surface area contributed by atoms with Crippen molar-refractivity contribution >= 4 is 17.5 Å². The van der Waals surface area contributed by atoms with Gasteiger partial charge in [0.1, 0.15) is 11.6 Å². The maximum Gasteiger partial charge on any atom is 0.178 e. The largest absolute Gasteiger partial charge is 0.293 e. The molecule has 2 rings (SSSR count). The van der Waals surface area contributed by atoms with Crippen LogP contribution in [-0.4, -0.2) is 16.0 Å². The molecule has 0 fully saturated rings. The standard InChI is InChI=1S/C15H10F2N2OS/c1-9(21-14-6-10(8-18)4-5-19-14)15(20)12-7-11(16)2-3-13(12)17/h2-7,9H,1H3/t9-/m0/s1. The highest BCUT2D eigenvalue weighted by Gasteiger charge is 2.21. The summed E-state index contributed by atoms with van der Waals surface area (Å²) in [6, 6.07) is 7.82. The fraction of sp³-hybridized carbons (Fsp3) is 0.133. The third-order valence-electron chi connectivity index (χ3n) is 2.72. The Morgan fingerprint density at radius 3 is 2.81 bits per heavy atom. The van der Waals surface area contributed by atoms with Gasteiger partial charge in [0, 0.05) is 6.20 Å². The summed E-state index contributed by atoms with van der Waals surface area (Å²) in [5.41, 5.74) is 0.135. The predicted molar refractivity (Wildman–Crippen MR) is 75.0 cm³/mol. The number of benzene rings is 1. The number of Topliss-reactive ketones (excluding diaryl/α,β-unsaturated/α-hetero) is 1. The maximum atomic E-state index is 13.6. The molecule has 21 heavy (non-hydrogen) atoms. The average Bonchev–Trinajstić information content (AvgIpc) is 2.49. The number of hydrogen-bond acceptors (Lipinski definition) is 4. The molecule has 3 nitrogen and oxygen atoms in total. The number of aromatic nitrogens is 1. The Kier molecular flexibility index (Phi) is 4.66. The Labute approximate surface area is 124 Å². The fourth-order valence-electron chi connectivity index (χ4n) is 1.68. The number of halogens is 2. The molecular weight excluding hydrogens is 294 g/mol. The lowest BCUT2D eigenvalue weighted by atomic mass is 10.1. The molecule has 1 aromatic heterocycles. The van der Waals surface area contributed by atoms with Gasteiger partial charge < -0.3 is 0 Å². The quantitative estimate of drug-likeness (QED) is 0.640. The summed E-state index contributed by atoms with van der Waals surface area (Å²) in [7, 11) is 0. The number of rotatable bonds is 4. The van der Waals surface area contributed by atoms with Gasteiger partial charge in [-0.25, -0.2) is 13.8 Å². The number of thioether (sulfide) groups is 1. The van der Waals surface area contributed by atoms with Gasteiger partial charge in [-0.15, -0.1) is 0 Å². The first kappa shape index (κ1) is 15.1. The van der Waals surface area contributed by atoms with Crippen LogP contribution in [0.25, 0.3) is 0 Å². The molecule has 0 N–H and O–H groups in total. The van der Waals surface area contributed by atoms with E-state index in [2.05, 4.69) is 4.98 Å². The van der Waals surface area contributed by atoms with E-state index in [1.54, 1.807) is 13.0 Å². The van der Waals surface area contributed by atoms with Crippen LogP contribution in [0.3, 0.4) is 0 Å². The van der Waals surface area contributed by atoms with Crippen molar-refractivity contribution in [2.75, 3.05) is 0 Å². The second-order valence-electron chi connectivity index (χ2n) is 4.24. The van der Waals surface area contributed by atoms with Crippen LogP contribution in [0, 0.1) is 23.0 Å². The van der Waals surface area contributed by atoms with Gasteiger partial charge in [0.05, 0.1) is 27.5 Å². The number of carbonyl (C=O) groups excluding carboxylic acids is 1. The van der Waals surface area contributed by atoms with Gasteiger partial charge in [-0.2, -0.15) is 5.26 Å². The van der Waals surface area contributed by atoms with Crippen LogP contribution in [0.5, 0.6) is 0 Å². The molecule has 1 heterocycles. The lowest BCUT2D eigenvalue weighted by molar-refractivity contribution is 0.0989. The Morgan fingerprint density at radius 2 is 2.10 bits per heavy atom. The topological polar surface area (TPSA) is 53.8 Å². The molecule has 2 aromatic rings. The van der Waals surface area contributed by atoms with Crippen LogP contribution in [0.1, 0.15) is 22.8 Å². The highest BCUT2D eigenvalue weighted by Crippen LogP contribution is 2.25. The smallest absolute Gasteiger partial charge is 0.178 e. The zero-order chi connectivity index (χ0) is 15.4. The third kappa shape index (κ3) is 3.64. The van der Waals surface area contributed by atoms with Crippen molar-refractivity contribution in [3.63, 3.8) is 0 Å². The molecule has 6 heteroatoms. The van der Waals surface area contributed by atoms with Crippen molar-refractivity contribution in [3.8, 4) is 6.07 Å². The summed E-state index contributed by atoms with van der Waals surface area (Å²) in [6.07, 6.45) is 1.46. The molecule has 0 amide bonds. The van der Waals surface area contributed by atoms with E-state index in [9.17, 15) is 13.6 Å².